The average molecular weight is 208 g/mol. The first kappa shape index (κ1) is 10.7. The zero-order valence-electron chi connectivity index (χ0n) is 10.1. The van der Waals surface area contributed by atoms with Crippen LogP contribution in [0.3, 0.4) is 0 Å². The summed E-state index contributed by atoms with van der Waals surface area (Å²) in [6, 6.07) is 0.699. The third kappa shape index (κ3) is 1.41. The molecule has 15 heavy (non-hydrogen) atoms. The minimum absolute atomic E-state index is 0.301. The Balaban J connectivity index is 2.42. The van der Waals surface area contributed by atoms with Crippen LogP contribution in [-0.4, -0.2) is 47.8 Å². The Morgan fingerprint density at radius 3 is 2.53 bits per heavy atom. The molecular formula is C12H20N2O. The first-order chi connectivity index (χ1) is 7.07. The highest BCUT2D eigenvalue weighted by molar-refractivity contribution is 5.98. The van der Waals surface area contributed by atoms with E-state index in [-0.39, 0.29) is 0 Å². The third-order valence-electron chi connectivity index (χ3n) is 3.84. The van der Waals surface area contributed by atoms with Gasteiger partial charge in [0.05, 0.1) is 0 Å². The molecule has 2 heterocycles. The van der Waals surface area contributed by atoms with E-state index in [9.17, 15) is 4.79 Å². The fourth-order valence-electron chi connectivity index (χ4n) is 3.07. The Bertz CT molecular complexity index is 322. The predicted octanol–water partition coefficient (Wildman–Crippen LogP) is 1.26. The van der Waals surface area contributed by atoms with Gasteiger partial charge in [0.1, 0.15) is 0 Å². The van der Waals surface area contributed by atoms with Crippen molar-refractivity contribution in [3.05, 3.63) is 11.3 Å². The Morgan fingerprint density at radius 1 is 1.33 bits per heavy atom. The van der Waals surface area contributed by atoms with Gasteiger partial charge in [0, 0.05) is 43.4 Å². The first-order valence-electron chi connectivity index (χ1n) is 5.82. The molecule has 0 aromatic rings. The second-order valence-corrected chi connectivity index (χ2v) is 4.58. The average Bonchev–Trinajstić information content (AvgIpc) is 2.46. The number of carbonyl (C=O) groups is 1. The van der Waals surface area contributed by atoms with Crippen molar-refractivity contribution in [3.63, 3.8) is 0 Å². The van der Waals surface area contributed by atoms with Crippen molar-refractivity contribution in [1.82, 2.24) is 9.80 Å². The summed E-state index contributed by atoms with van der Waals surface area (Å²) in [4.78, 5) is 16.6. The van der Waals surface area contributed by atoms with Crippen molar-refractivity contribution in [2.75, 3.05) is 20.1 Å². The molecule has 3 heteroatoms. The topological polar surface area (TPSA) is 23.6 Å². The normalized spacial score (nSPS) is 32.5. The molecule has 2 unspecified atom stereocenters. The molecule has 0 fully saturated rings. The van der Waals surface area contributed by atoms with Gasteiger partial charge in [0.15, 0.2) is 5.78 Å². The Kier molecular flexibility index (Phi) is 2.59. The molecular weight excluding hydrogens is 188 g/mol. The van der Waals surface area contributed by atoms with Crippen LogP contribution in [0.1, 0.15) is 27.2 Å². The van der Waals surface area contributed by atoms with Gasteiger partial charge in [-0.05, 0) is 20.4 Å². The molecule has 0 spiro atoms. The van der Waals surface area contributed by atoms with E-state index in [1.54, 1.807) is 0 Å². The van der Waals surface area contributed by atoms with Crippen LogP contribution in [0, 0.1) is 0 Å². The number of carbonyl (C=O) groups excluding carboxylic acids is 1. The highest BCUT2D eigenvalue weighted by Crippen LogP contribution is 2.35. The van der Waals surface area contributed by atoms with Crippen LogP contribution in [0.25, 0.3) is 0 Å². The summed E-state index contributed by atoms with van der Waals surface area (Å²) in [6.45, 7) is 8.41. The van der Waals surface area contributed by atoms with Gasteiger partial charge < -0.3 is 4.90 Å². The molecule has 2 atom stereocenters. The van der Waals surface area contributed by atoms with Gasteiger partial charge in [-0.15, -0.1) is 0 Å². The van der Waals surface area contributed by atoms with E-state index in [0.29, 0.717) is 24.3 Å². The molecule has 84 valence electrons. The van der Waals surface area contributed by atoms with Crippen molar-refractivity contribution in [2.45, 2.75) is 39.3 Å². The van der Waals surface area contributed by atoms with Gasteiger partial charge >= 0.3 is 0 Å². The van der Waals surface area contributed by atoms with Crippen LogP contribution in [0.15, 0.2) is 11.3 Å². The number of Topliss-reactive ketones (excluding diaryl/α,β-unsaturated/α-hetero) is 1. The van der Waals surface area contributed by atoms with E-state index in [1.165, 1.54) is 5.70 Å². The number of likely N-dealkylation sites (N-methyl/N-ethyl adjacent to an activating group) is 2. The summed E-state index contributed by atoms with van der Waals surface area (Å²) < 4.78 is 0. The summed E-state index contributed by atoms with van der Waals surface area (Å²) in [5, 5.41) is 0. The molecule has 2 aliphatic rings. The lowest BCUT2D eigenvalue weighted by Gasteiger charge is -2.30. The Hall–Kier alpha value is -0.830. The van der Waals surface area contributed by atoms with Gasteiger partial charge in [-0.3, -0.25) is 9.69 Å². The Labute approximate surface area is 91.7 Å². The zero-order chi connectivity index (χ0) is 11.2. The maximum atomic E-state index is 11.9. The predicted molar refractivity (Wildman–Crippen MR) is 60.6 cm³/mol. The van der Waals surface area contributed by atoms with Crippen LogP contribution < -0.4 is 0 Å². The van der Waals surface area contributed by atoms with Gasteiger partial charge in [0.25, 0.3) is 0 Å². The largest absolute Gasteiger partial charge is 0.376 e. The van der Waals surface area contributed by atoms with E-state index in [1.807, 2.05) is 0 Å². The lowest BCUT2D eigenvalue weighted by atomic mass is 9.97. The monoisotopic (exact) mass is 208 g/mol. The second-order valence-electron chi connectivity index (χ2n) is 4.58. The molecule has 0 aromatic carbocycles. The van der Waals surface area contributed by atoms with E-state index < -0.39 is 0 Å². The fourth-order valence-corrected chi connectivity index (χ4v) is 3.07. The minimum Gasteiger partial charge on any atom is -0.376 e. The van der Waals surface area contributed by atoms with Gasteiger partial charge in [-0.1, -0.05) is 6.92 Å². The van der Waals surface area contributed by atoms with Crippen LogP contribution in [0.4, 0.5) is 0 Å². The number of rotatable bonds is 1. The number of hydrogen-bond acceptors (Lipinski definition) is 3. The summed E-state index contributed by atoms with van der Waals surface area (Å²) in [7, 11) is 2.10. The lowest BCUT2D eigenvalue weighted by Crippen LogP contribution is -2.37. The first-order valence-corrected chi connectivity index (χ1v) is 5.82. The van der Waals surface area contributed by atoms with Gasteiger partial charge in [-0.25, -0.2) is 0 Å². The molecule has 0 saturated carbocycles. The van der Waals surface area contributed by atoms with Crippen LogP contribution in [0.5, 0.6) is 0 Å². The van der Waals surface area contributed by atoms with E-state index in [2.05, 4.69) is 37.6 Å². The SMILES string of the molecule is CCN1C(C)C2=C(C1C)N(C)CCC2=O. The summed E-state index contributed by atoms with van der Waals surface area (Å²) in [6.07, 6.45) is 0.684. The van der Waals surface area contributed by atoms with Crippen LogP contribution in [-0.2, 0) is 4.79 Å². The number of nitrogens with zero attached hydrogens (tertiary/aromatic N) is 2. The second kappa shape index (κ2) is 3.63. The highest BCUT2D eigenvalue weighted by Gasteiger charge is 2.41. The standard InChI is InChI=1S/C12H20N2O/c1-5-14-8(2)11-10(15)6-7-13(4)12(11)9(14)3/h8-9H,5-7H2,1-4H3. The van der Waals surface area contributed by atoms with Crippen molar-refractivity contribution in [1.29, 1.82) is 0 Å². The molecule has 0 amide bonds. The molecule has 0 aliphatic carbocycles. The molecule has 0 aromatic heterocycles. The molecule has 0 radical (unpaired) electrons. The Morgan fingerprint density at radius 2 is 2.00 bits per heavy atom. The summed E-state index contributed by atoms with van der Waals surface area (Å²) in [5.74, 6) is 0.360. The van der Waals surface area contributed by atoms with Crippen LogP contribution in [0.2, 0.25) is 0 Å². The van der Waals surface area contributed by atoms with Crippen molar-refractivity contribution in [2.24, 2.45) is 0 Å². The van der Waals surface area contributed by atoms with Gasteiger partial charge in [0.2, 0.25) is 0 Å². The molecule has 0 bridgehead atoms. The smallest absolute Gasteiger partial charge is 0.164 e. The maximum Gasteiger partial charge on any atom is 0.164 e. The van der Waals surface area contributed by atoms with Gasteiger partial charge in [-0.2, -0.15) is 0 Å². The maximum absolute atomic E-state index is 11.9. The van der Waals surface area contributed by atoms with Crippen molar-refractivity contribution >= 4 is 5.78 Å². The van der Waals surface area contributed by atoms with E-state index in [0.717, 1.165) is 18.7 Å². The van der Waals surface area contributed by atoms with E-state index >= 15 is 0 Å². The van der Waals surface area contributed by atoms with Crippen molar-refractivity contribution in [3.8, 4) is 0 Å². The quantitative estimate of drug-likeness (QED) is 0.648. The fraction of sp³-hybridized carbons (Fsp3) is 0.750. The number of hydrogen-bond donors (Lipinski definition) is 0. The summed E-state index contributed by atoms with van der Waals surface area (Å²) in [5.41, 5.74) is 2.33. The third-order valence-corrected chi connectivity index (χ3v) is 3.84. The zero-order valence-corrected chi connectivity index (χ0v) is 10.1. The molecule has 0 N–H and O–H groups in total. The summed E-state index contributed by atoms with van der Waals surface area (Å²) >= 11 is 0. The van der Waals surface area contributed by atoms with Crippen LogP contribution >= 0.6 is 0 Å². The highest BCUT2D eigenvalue weighted by atomic mass is 16.1. The minimum atomic E-state index is 0.301. The lowest BCUT2D eigenvalue weighted by molar-refractivity contribution is -0.116. The van der Waals surface area contributed by atoms with E-state index in [4.69, 9.17) is 0 Å². The number of ketones is 1. The van der Waals surface area contributed by atoms with Crippen molar-refractivity contribution < 1.29 is 4.79 Å². The molecule has 0 saturated heterocycles. The molecule has 2 rings (SSSR count). The molecule has 3 nitrogen and oxygen atoms in total. The molecule has 2 aliphatic heterocycles.